The van der Waals surface area contributed by atoms with Gasteiger partial charge in [0.05, 0.1) is 12.6 Å². The van der Waals surface area contributed by atoms with E-state index in [4.69, 9.17) is 11.5 Å². The molecule has 0 heterocycles. The SMILES string of the molecule is CC[C@H](C)[C@H](NC(=O)[C@H](CCCCN)NC(=O)[C@H](CCC(=O)O)NC(=O)[C@H](CO)NC(=O)[C@@H](NC(=O)[C@@H](N)Cc1ccccc1)C(C)C)C(=O)N[C@@H](Cc1ccccc1)C(=O)N[C@@H](Cc1ccc(F)cc1)C(=O)N[C@H](C(=O)O)C(C)C. The zero-order valence-electron chi connectivity index (χ0n) is 46.7. The number of carbonyl (C=O) groups excluding carboxylic acids is 8. The fraction of sp³-hybridized carbons (Fsp3) is 0.509. The average molecular weight is 1130 g/mol. The van der Waals surface area contributed by atoms with Crippen LogP contribution in [0.15, 0.2) is 84.9 Å². The number of aliphatic hydroxyl groups is 1. The van der Waals surface area contributed by atoms with Crippen molar-refractivity contribution in [3.63, 3.8) is 0 Å². The van der Waals surface area contributed by atoms with E-state index in [-0.39, 0.29) is 38.6 Å². The maximum atomic E-state index is 14.5. The van der Waals surface area contributed by atoms with Crippen LogP contribution in [0, 0.1) is 23.6 Å². The number of rotatable bonds is 35. The molecule has 0 spiro atoms. The minimum absolute atomic E-state index is 0.0635. The third-order valence-corrected chi connectivity index (χ3v) is 13.5. The molecule has 3 aromatic rings. The van der Waals surface area contributed by atoms with E-state index >= 15 is 0 Å². The van der Waals surface area contributed by atoms with Gasteiger partial charge in [0.1, 0.15) is 54.2 Å². The van der Waals surface area contributed by atoms with Gasteiger partial charge in [-0.1, -0.05) is 121 Å². The van der Waals surface area contributed by atoms with E-state index in [1.54, 1.807) is 102 Å². The number of benzene rings is 3. The molecule has 0 aromatic heterocycles. The molecule has 3 aromatic carbocycles. The number of aliphatic carboxylic acids is 2. The van der Waals surface area contributed by atoms with Crippen LogP contribution >= 0.6 is 0 Å². The van der Waals surface area contributed by atoms with Gasteiger partial charge in [0, 0.05) is 19.3 Å². The molecule has 15 N–H and O–H groups in total. The lowest BCUT2D eigenvalue weighted by Gasteiger charge is -2.30. The Balaban J connectivity index is 1.90. The van der Waals surface area contributed by atoms with Crippen LogP contribution < -0.4 is 54.0 Å². The molecule has 0 bridgehead atoms. The minimum atomic E-state index is -1.72. The van der Waals surface area contributed by atoms with Gasteiger partial charge in [-0.2, -0.15) is 0 Å². The van der Waals surface area contributed by atoms with Crippen molar-refractivity contribution < 1.29 is 67.7 Å². The Hall–Kier alpha value is -7.83. The largest absolute Gasteiger partial charge is 0.481 e. The lowest BCUT2D eigenvalue weighted by Crippen LogP contribution is -2.62. The summed E-state index contributed by atoms with van der Waals surface area (Å²) in [4.78, 5) is 136. The smallest absolute Gasteiger partial charge is 0.326 e. The molecular weight excluding hydrogens is 1050 g/mol. The fourth-order valence-electron chi connectivity index (χ4n) is 8.44. The number of carbonyl (C=O) groups is 10. The molecule has 0 unspecified atom stereocenters. The molecule has 0 fully saturated rings. The van der Waals surface area contributed by atoms with E-state index in [1.165, 1.54) is 12.1 Å². The van der Waals surface area contributed by atoms with E-state index in [2.05, 4.69) is 42.5 Å². The average Bonchev–Trinajstić information content (AvgIpc) is 3.43. The normalized spacial score (nSPS) is 14.9. The van der Waals surface area contributed by atoms with Crippen LogP contribution in [-0.2, 0) is 67.2 Å². The maximum Gasteiger partial charge on any atom is 0.326 e. The summed E-state index contributed by atoms with van der Waals surface area (Å²) < 4.78 is 13.9. The summed E-state index contributed by atoms with van der Waals surface area (Å²) in [7, 11) is 0. The van der Waals surface area contributed by atoms with E-state index < -0.39 is 157 Å². The Morgan fingerprint density at radius 1 is 0.481 bits per heavy atom. The molecule has 81 heavy (non-hydrogen) atoms. The molecule has 8 amide bonds. The Morgan fingerprint density at radius 3 is 1.38 bits per heavy atom. The number of nitrogens with one attached hydrogen (secondary N) is 8. The van der Waals surface area contributed by atoms with Crippen molar-refractivity contribution >= 4 is 59.2 Å². The second-order valence-electron chi connectivity index (χ2n) is 20.7. The number of unbranched alkanes of at least 4 members (excludes halogenated alkanes) is 1. The summed E-state index contributed by atoms with van der Waals surface area (Å²) in [6, 6.07) is 9.91. The third kappa shape index (κ3) is 23.0. The van der Waals surface area contributed by atoms with Crippen molar-refractivity contribution in [2.45, 2.75) is 154 Å². The molecule has 0 radical (unpaired) electrons. The highest BCUT2D eigenvalue weighted by Crippen LogP contribution is 2.15. The maximum absolute atomic E-state index is 14.5. The molecule has 0 aliphatic carbocycles. The molecule has 23 nitrogen and oxygen atoms in total. The fourth-order valence-corrected chi connectivity index (χ4v) is 8.44. The first-order valence-corrected chi connectivity index (χ1v) is 27.2. The quantitative estimate of drug-likeness (QED) is 0.0357. The molecule has 10 atom stereocenters. The van der Waals surface area contributed by atoms with Crippen LogP contribution in [0.4, 0.5) is 4.39 Å². The molecule has 3 rings (SSSR count). The van der Waals surface area contributed by atoms with Crippen molar-refractivity contribution in [1.82, 2.24) is 42.5 Å². The Labute approximate surface area is 471 Å². The summed E-state index contributed by atoms with van der Waals surface area (Å²) >= 11 is 0. The van der Waals surface area contributed by atoms with Crippen molar-refractivity contribution in [2.75, 3.05) is 13.2 Å². The van der Waals surface area contributed by atoms with Gasteiger partial charge >= 0.3 is 11.9 Å². The summed E-state index contributed by atoms with van der Waals surface area (Å²) in [6.07, 6.45) is -0.469. The van der Waals surface area contributed by atoms with Crippen molar-refractivity contribution in [3.8, 4) is 0 Å². The van der Waals surface area contributed by atoms with Gasteiger partial charge < -0.3 is 69.3 Å². The van der Waals surface area contributed by atoms with Crippen molar-refractivity contribution in [1.29, 1.82) is 0 Å². The second-order valence-corrected chi connectivity index (χ2v) is 20.7. The van der Waals surface area contributed by atoms with Gasteiger partial charge in [0.2, 0.25) is 47.3 Å². The highest BCUT2D eigenvalue weighted by molar-refractivity contribution is 5.98. The van der Waals surface area contributed by atoms with Gasteiger partial charge in [-0.25, -0.2) is 9.18 Å². The molecular formula is C57H81FN10O13. The summed E-state index contributed by atoms with van der Waals surface area (Å²) in [6.45, 7) is 9.02. The van der Waals surface area contributed by atoms with Gasteiger partial charge in [-0.05, 0) is 85.2 Å². The Morgan fingerprint density at radius 2 is 0.889 bits per heavy atom. The Kier molecular flexibility index (Phi) is 28.6. The summed E-state index contributed by atoms with van der Waals surface area (Å²) in [5.41, 5.74) is 13.7. The Bertz CT molecular complexity index is 2560. The number of amides is 8. The van der Waals surface area contributed by atoms with E-state index in [0.717, 1.165) is 17.7 Å². The van der Waals surface area contributed by atoms with E-state index in [0.29, 0.717) is 24.0 Å². The van der Waals surface area contributed by atoms with Crippen LogP contribution in [-0.4, -0.2) is 142 Å². The number of hydrogen-bond donors (Lipinski definition) is 13. The highest BCUT2D eigenvalue weighted by atomic mass is 19.1. The number of hydrogen-bond acceptors (Lipinski definition) is 13. The third-order valence-electron chi connectivity index (χ3n) is 13.5. The van der Waals surface area contributed by atoms with Gasteiger partial charge in [0.25, 0.3) is 0 Å². The van der Waals surface area contributed by atoms with E-state index in [1.807, 2.05) is 0 Å². The first-order chi connectivity index (χ1) is 38.4. The van der Waals surface area contributed by atoms with Crippen LogP contribution in [0.2, 0.25) is 0 Å². The minimum Gasteiger partial charge on any atom is -0.481 e. The van der Waals surface area contributed by atoms with Gasteiger partial charge in [0.15, 0.2) is 0 Å². The number of carboxylic acid groups (broad SMARTS) is 2. The number of halogens is 1. The van der Waals surface area contributed by atoms with Crippen LogP contribution in [0.25, 0.3) is 0 Å². The highest BCUT2D eigenvalue weighted by Gasteiger charge is 2.37. The zero-order chi connectivity index (χ0) is 60.3. The van der Waals surface area contributed by atoms with Crippen LogP contribution in [0.3, 0.4) is 0 Å². The summed E-state index contributed by atoms with van der Waals surface area (Å²) in [5, 5.41) is 50.2. The van der Waals surface area contributed by atoms with Crippen LogP contribution in [0.1, 0.15) is 96.8 Å². The molecule has 24 heteroatoms. The molecule has 444 valence electrons. The molecule has 0 aliphatic rings. The topological polar surface area (TPSA) is 380 Å². The predicted molar refractivity (Wildman–Crippen MR) is 297 cm³/mol. The van der Waals surface area contributed by atoms with Crippen molar-refractivity contribution in [3.05, 3.63) is 107 Å². The first kappa shape index (κ1) is 67.4. The lowest BCUT2D eigenvalue weighted by molar-refractivity contribution is -0.143. The van der Waals surface area contributed by atoms with Crippen molar-refractivity contribution in [2.24, 2.45) is 29.2 Å². The molecule has 0 saturated heterocycles. The standard InChI is InChI=1S/C57H81FN10O13/c1-7-34(6)48(56(79)64-42(29-36-18-12-9-13-19-36)52(75)63-43(30-37-21-23-38(58)24-22-37)53(76)67-47(33(4)5)57(80)81)68-51(74)40(20-14-15-27-59)61-50(73)41(25-26-45(70)71)62-54(77)44(31-69)65-55(78)46(32(2)3)66-49(72)39(60)28-35-16-10-8-11-17-35/h8-13,16-19,21-24,32-34,39-44,46-48,69H,7,14-15,20,25-31,59-60H2,1-6H3,(H,61,73)(H,62,77)(H,63,75)(H,64,79)(H,65,78)(H,66,72)(H,67,76)(H,68,74)(H,70,71)(H,80,81)/t34-,39-,40-,41-,42-,43-,44-,46-,47-,48-/m0/s1. The van der Waals surface area contributed by atoms with E-state index in [9.17, 15) is 67.7 Å². The monoisotopic (exact) mass is 1130 g/mol. The summed E-state index contributed by atoms with van der Waals surface area (Å²) in [5.74, 6) is -12.1. The first-order valence-electron chi connectivity index (χ1n) is 27.2. The lowest BCUT2D eigenvalue weighted by atomic mass is 9.96. The predicted octanol–water partition coefficient (Wildman–Crippen LogP) is 0.488. The van der Waals surface area contributed by atoms with Crippen LogP contribution in [0.5, 0.6) is 0 Å². The second kappa shape index (κ2) is 34.3. The number of carboxylic acids is 2. The molecule has 0 saturated carbocycles. The van der Waals surface area contributed by atoms with Gasteiger partial charge in [-0.15, -0.1) is 0 Å². The zero-order valence-corrected chi connectivity index (χ0v) is 46.7. The number of nitrogens with two attached hydrogens (primary N) is 2. The molecule has 0 aliphatic heterocycles. The number of aliphatic hydroxyl groups excluding tert-OH is 1. The van der Waals surface area contributed by atoms with Gasteiger partial charge in [-0.3, -0.25) is 43.2 Å².